The number of hydrogen-bond donors (Lipinski definition) is 0. The van der Waals surface area contributed by atoms with Crippen molar-refractivity contribution in [3.63, 3.8) is 0 Å². The van der Waals surface area contributed by atoms with E-state index in [0.29, 0.717) is 16.6 Å². The third-order valence-corrected chi connectivity index (χ3v) is 6.36. The summed E-state index contributed by atoms with van der Waals surface area (Å²) in [4.78, 5) is 4.44. The second-order valence-corrected chi connectivity index (χ2v) is 8.13. The number of hydrogen-bond acceptors (Lipinski definition) is 3. The van der Waals surface area contributed by atoms with E-state index >= 15 is 0 Å². The molecule has 0 N–H and O–H groups in total. The Labute approximate surface area is 142 Å². The van der Waals surface area contributed by atoms with Gasteiger partial charge in [-0.15, -0.1) is 0 Å². The van der Waals surface area contributed by atoms with Crippen LogP contribution in [0, 0.1) is 6.92 Å². The summed E-state index contributed by atoms with van der Waals surface area (Å²) in [5.41, 5.74) is 1.94. The number of aryl methyl sites for hydroxylation is 1. The summed E-state index contributed by atoms with van der Waals surface area (Å²) >= 11 is 5.84. The summed E-state index contributed by atoms with van der Waals surface area (Å²) in [7, 11) is -3.51. The molecule has 0 unspecified atom stereocenters. The van der Waals surface area contributed by atoms with Crippen LogP contribution < -0.4 is 0 Å². The highest BCUT2D eigenvalue weighted by molar-refractivity contribution is 7.89. The zero-order valence-corrected chi connectivity index (χ0v) is 14.5. The largest absolute Gasteiger partial charge is 0.244 e. The SMILES string of the molecule is Cc1ccc(S(=O)(=O)N2CCCC[C@H]2c2ccc(Cl)nc2)cc1. The molecule has 0 aliphatic carbocycles. The van der Waals surface area contributed by atoms with Gasteiger partial charge in [-0.05, 0) is 43.5 Å². The summed E-state index contributed by atoms with van der Waals surface area (Å²) in [5, 5.41) is 0.414. The van der Waals surface area contributed by atoms with Gasteiger partial charge >= 0.3 is 0 Å². The van der Waals surface area contributed by atoms with Crippen molar-refractivity contribution in [3.8, 4) is 0 Å². The second-order valence-electron chi connectivity index (χ2n) is 5.85. The Balaban J connectivity index is 1.97. The first kappa shape index (κ1) is 16.4. The molecule has 122 valence electrons. The Morgan fingerprint density at radius 2 is 1.87 bits per heavy atom. The van der Waals surface area contributed by atoms with Crippen molar-refractivity contribution in [2.45, 2.75) is 37.1 Å². The zero-order chi connectivity index (χ0) is 16.4. The van der Waals surface area contributed by atoms with E-state index in [9.17, 15) is 8.42 Å². The van der Waals surface area contributed by atoms with Crippen LogP contribution in [0.2, 0.25) is 5.15 Å². The van der Waals surface area contributed by atoms with E-state index in [-0.39, 0.29) is 6.04 Å². The number of aromatic nitrogens is 1. The van der Waals surface area contributed by atoms with Gasteiger partial charge in [-0.2, -0.15) is 4.31 Å². The molecule has 0 saturated carbocycles. The minimum absolute atomic E-state index is 0.181. The zero-order valence-electron chi connectivity index (χ0n) is 12.9. The van der Waals surface area contributed by atoms with E-state index in [2.05, 4.69) is 4.98 Å². The highest BCUT2D eigenvalue weighted by atomic mass is 35.5. The number of benzene rings is 1. The Bertz CT molecular complexity index is 773. The number of pyridine rings is 1. The first-order valence-electron chi connectivity index (χ1n) is 7.68. The average Bonchev–Trinajstić information content (AvgIpc) is 2.56. The maximum absolute atomic E-state index is 13.0. The molecule has 0 spiro atoms. The van der Waals surface area contributed by atoms with Crippen molar-refractivity contribution in [1.29, 1.82) is 0 Å². The quantitative estimate of drug-likeness (QED) is 0.787. The third kappa shape index (κ3) is 3.42. The summed E-state index contributed by atoms with van der Waals surface area (Å²) in [6.45, 7) is 2.48. The fraction of sp³-hybridized carbons (Fsp3) is 0.353. The van der Waals surface area contributed by atoms with E-state index in [1.54, 1.807) is 28.7 Å². The van der Waals surface area contributed by atoms with Gasteiger partial charge in [0.05, 0.1) is 10.9 Å². The van der Waals surface area contributed by atoms with Gasteiger partial charge in [0.1, 0.15) is 5.15 Å². The van der Waals surface area contributed by atoms with Crippen LogP contribution in [0.4, 0.5) is 0 Å². The summed E-state index contributed by atoms with van der Waals surface area (Å²) in [5.74, 6) is 0. The molecule has 0 radical (unpaired) electrons. The lowest BCUT2D eigenvalue weighted by Crippen LogP contribution is -2.38. The predicted octanol–water partition coefficient (Wildman–Crippen LogP) is 3.96. The van der Waals surface area contributed by atoms with Crippen LogP contribution in [0.1, 0.15) is 36.4 Å². The predicted molar refractivity (Wildman–Crippen MR) is 90.9 cm³/mol. The molecule has 1 aliphatic rings. The second kappa shape index (κ2) is 6.59. The standard InChI is InChI=1S/C17H19ClN2O2S/c1-13-5-8-15(9-6-13)23(21,22)20-11-3-2-4-16(20)14-7-10-17(18)19-12-14/h5-10,12,16H,2-4,11H2,1H3/t16-/m0/s1. The van der Waals surface area contributed by atoms with Crippen LogP contribution in [0.25, 0.3) is 0 Å². The van der Waals surface area contributed by atoms with Crippen molar-refractivity contribution in [3.05, 3.63) is 58.9 Å². The minimum Gasteiger partial charge on any atom is -0.244 e. The van der Waals surface area contributed by atoms with Crippen LogP contribution in [-0.4, -0.2) is 24.3 Å². The van der Waals surface area contributed by atoms with Gasteiger partial charge in [0.15, 0.2) is 0 Å². The Hall–Kier alpha value is -1.43. The lowest BCUT2D eigenvalue weighted by Gasteiger charge is -2.34. The fourth-order valence-corrected chi connectivity index (χ4v) is 4.75. The Kier molecular flexibility index (Phi) is 4.71. The smallest absolute Gasteiger partial charge is 0.243 e. The number of nitrogens with zero attached hydrogens (tertiary/aromatic N) is 2. The van der Waals surface area contributed by atoms with E-state index in [1.165, 1.54) is 0 Å². The topological polar surface area (TPSA) is 50.3 Å². The van der Waals surface area contributed by atoms with Crippen LogP contribution >= 0.6 is 11.6 Å². The molecule has 1 fully saturated rings. The first-order valence-corrected chi connectivity index (χ1v) is 9.50. The van der Waals surface area contributed by atoms with Gasteiger partial charge in [-0.25, -0.2) is 13.4 Å². The average molecular weight is 351 g/mol. The molecule has 3 rings (SSSR count). The number of sulfonamides is 1. The Morgan fingerprint density at radius 1 is 1.13 bits per heavy atom. The first-order chi connectivity index (χ1) is 11.0. The fourth-order valence-electron chi connectivity index (χ4n) is 2.96. The summed E-state index contributed by atoms with van der Waals surface area (Å²) < 4.78 is 27.7. The summed E-state index contributed by atoms with van der Waals surface area (Å²) in [6.07, 6.45) is 4.36. The molecular formula is C17H19ClN2O2S. The molecule has 1 aromatic heterocycles. The minimum atomic E-state index is -3.51. The lowest BCUT2D eigenvalue weighted by atomic mass is 9.99. The molecule has 0 amide bonds. The molecule has 4 nitrogen and oxygen atoms in total. The maximum Gasteiger partial charge on any atom is 0.243 e. The van der Waals surface area contributed by atoms with Crippen molar-refractivity contribution >= 4 is 21.6 Å². The van der Waals surface area contributed by atoms with Gasteiger partial charge in [-0.1, -0.05) is 41.8 Å². The maximum atomic E-state index is 13.0. The van der Waals surface area contributed by atoms with E-state index in [1.807, 2.05) is 25.1 Å². The van der Waals surface area contributed by atoms with Crippen LogP contribution in [0.3, 0.4) is 0 Å². The third-order valence-electron chi connectivity index (χ3n) is 4.22. The van der Waals surface area contributed by atoms with Gasteiger partial charge in [0, 0.05) is 12.7 Å². The van der Waals surface area contributed by atoms with E-state index < -0.39 is 10.0 Å². The van der Waals surface area contributed by atoms with Crippen LogP contribution in [0.5, 0.6) is 0 Å². The Morgan fingerprint density at radius 3 is 2.52 bits per heavy atom. The van der Waals surface area contributed by atoms with Gasteiger partial charge < -0.3 is 0 Å². The van der Waals surface area contributed by atoms with Crippen molar-refractivity contribution < 1.29 is 8.42 Å². The highest BCUT2D eigenvalue weighted by Gasteiger charge is 2.34. The van der Waals surface area contributed by atoms with Crippen molar-refractivity contribution in [2.24, 2.45) is 0 Å². The van der Waals surface area contributed by atoms with Crippen molar-refractivity contribution in [1.82, 2.24) is 9.29 Å². The van der Waals surface area contributed by atoms with Crippen LogP contribution in [0.15, 0.2) is 47.5 Å². The molecule has 0 bridgehead atoms. The molecule has 6 heteroatoms. The molecule has 23 heavy (non-hydrogen) atoms. The highest BCUT2D eigenvalue weighted by Crippen LogP contribution is 2.35. The molecule has 1 saturated heterocycles. The molecule has 1 aromatic carbocycles. The molecular weight excluding hydrogens is 332 g/mol. The molecule has 2 aromatic rings. The van der Waals surface area contributed by atoms with Crippen molar-refractivity contribution in [2.75, 3.05) is 6.54 Å². The summed E-state index contributed by atoms with van der Waals surface area (Å²) in [6, 6.07) is 10.4. The normalized spacial score (nSPS) is 19.7. The number of piperidine rings is 1. The molecule has 1 aliphatic heterocycles. The van der Waals surface area contributed by atoms with Gasteiger partial charge in [0.2, 0.25) is 10.0 Å². The molecule has 2 heterocycles. The number of halogens is 1. The number of rotatable bonds is 3. The van der Waals surface area contributed by atoms with E-state index in [0.717, 1.165) is 30.4 Å². The lowest BCUT2D eigenvalue weighted by molar-refractivity contribution is 0.255. The monoisotopic (exact) mass is 350 g/mol. The van der Waals surface area contributed by atoms with E-state index in [4.69, 9.17) is 11.6 Å². The van der Waals surface area contributed by atoms with Gasteiger partial charge in [-0.3, -0.25) is 0 Å². The van der Waals surface area contributed by atoms with Crippen LogP contribution in [-0.2, 0) is 10.0 Å². The van der Waals surface area contributed by atoms with Gasteiger partial charge in [0.25, 0.3) is 0 Å². The molecule has 1 atom stereocenters.